The van der Waals surface area contributed by atoms with Gasteiger partial charge in [-0.2, -0.15) is 4.39 Å². The Kier molecular flexibility index (Phi) is 5.54. The number of benzene rings is 2. The van der Waals surface area contributed by atoms with E-state index in [4.69, 9.17) is 0 Å². The van der Waals surface area contributed by atoms with E-state index in [9.17, 15) is 9.18 Å². The predicted molar refractivity (Wildman–Crippen MR) is 102 cm³/mol. The maximum atomic E-state index is 13.0. The second kappa shape index (κ2) is 8.21. The van der Waals surface area contributed by atoms with Crippen LogP contribution in [0.4, 0.5) is 4.39 Å². The van der Waals surface area contributed by atoms with Crippen molar-refractivity contribution in [3.05, 3.63) is 96.1 Å². The van der Waals surface area contributed by atoms with Gasteiger partial charge < -0.3 is 5.32 Å². The van der Waals surface area contributed by atoms with Crippen LogP contribution in [0.2, 0.25) is 0 Å². The Morgan fingerprint density at radius 3 is 2.58 bits per heavy atom. The van der Waals surface area contributed by atoms with E-state index in [1.165, 1.54) is 18.3 Å². The van der Waals surface area contributed by atoms with Gasteiger partial charge in [0, 0.05) is 17.8 Å². The number of carbonyl (C=O) groups excluding carboxylic acids is 1. The second-order valence-corrected chi connectivity index (χ2v) is 5.97. The van der Waals surface area contributed by atoms with Crippen LogP contribution in [0.5, 0.6) is 0 Å². The van der Waals surface area contributed by atoms with Crippen LogP contribution in [0, 0.1) is 5.95 Å². The standard InChI is InChI=1S/C22H19FN2O/c1-16(25-22(26)13-10-17-6-3-2-4-7-17)18-8-5-9-19(14-18)20-11-12-21(23)24-15-20/h2-16H,1H3,(H,25,26)/b13-10-/t16-/m0/s1. The van der Waals surface area contributed by atoms with Gasteiger partial charge >= 0.3 is 0 Å². The summed E-state index contributed by atoms with van der Waals surface area (Å²) < 4.78 is 13.0. The molecule has 3 aromatic rings. The number of carbonyl (C=O) groups is 1. The van der Waals surface area contributed by atoms with E-state index in [0.717, 1.165) is 22.3 Å². The molecule has 4 heteroatoms. The summed E-state index contributed by atoms with van der Waals surface area (Å²) in [7, 11) is 0. The summed E-state index contributed by atoms with van der Waals surface area (Å²) in [6.45, 7) is 1.93. The lowest BCUT2D eigenvalue weighted by Gasteiger charge is -2.14. The SMILES string of the molecule is C[C@H](NC(=O)/C=C\c1ccccc1)c1cccc(-c2ccc(F)nc2)c1. The van der Waals surface area contributed by atoms with Crippen LogP contribution in [-0.2, 0) is 4.79 Å². The summed E-state index contributed by atoms with van der Waals surface area (Å²) in [6, 6.07) is 20.3. The van der Waals surface area contributed by atoms with Crippen molar-refractivity contribution in [3.8, 4) is 11.1 Å². The first-order chi connectivity index (χ1) is 12.6. The molecule has 2 aromatic carbocycles. The molecule has 0 aliphatic heterocycles. The van der Waals surface area contributed by atoms with E-state index in [2.05, 4.69) is 10.3 Å². The van der Waals surface area contributed by atoms with Crippen LogP contribution < -0.4 is 5.32 Å². The van der Waals surface area contributed by atoms with Crippen molar-refractivity contribution in [2.45, 2.75) is 13.0 Å². The third-order valence-corrected chi connectivity index (χ3v) is 4.03. The van der Waals surface area contributed by atoms with Crippen LogP contribution in [0.3, 0.4) is 0 Å². The van der Waals surface area contributed by atoms with Gasteiger partial charge in [-0.3, -0.25) is 4.79 Å². The zero-order valence-corrected chi connectivity index (χ0v) is 14.4. The molecule has 130 valence electrons. The monoisotopic (exact) mass is 346 g/mol. The average Bonchev–Trinajstić information content (AvgIpc) is 2.68. The van der Waals surface area contributed by atoms with Crippen molar-refractivity contribution in [2.24, 2.45) is 0 Å². The second-order valence-electron chi connectivity index (χ2n) is 5.97. The number of amides is 1. The van der Waals surface area contributed by atoms with E-state index in [-0.39, 0.29) is 11.9 Å². The third kappa shape index (κ3) is 4.63. The minimum absolute atomic E-state index is 0.156. The smallest absolute Gasteiger partial charge is 0.244 e. The van der Waals surface area contributed by atoms with Gasteiger partial charge in [0.1, 0.15) is 0 Å². The summed E-state index contributed by atoms with van der Waals surface area (Å²) in [5, 5.41) is 2.95. The molecule has 0 unspecified atom stereocenters. The summed E-state index contributed by atoms with van der Waals surface area (Å²) in [6.07, 6.45) is 4.81. The zero-order chi connectivity index (χ0) is 18.4. The number of hydrogen-bond acceptors (Lipinski definition) is 2. The largest absolute Gasteiger partial charge is 0.346 e. The summed E-state index contributed by atoms with van der Waals surface area (Å²) in [5.74, 6) is -0.661. The maximum absolute atomic E-state index is 13.0. The van der Waals surface area contributed by atoms with Crippen LogP contribution in [-0.4, -0.2) is 10.9 Å². The highest BCUT2D eigenvalue weighted by Gasteiger charge is 2.09. The fourth-order valence-corrected chi connectivity index (χ4v) is 2.62. The highest BCUT2D eigenvalue weighted by molar-refractivity contribution is 5.92. The molecule has 1 amide bonds. The number of aromatic nitrogens is 1. The Hall–Kier alpha value is -3.27. The summed E-state index contributed by atoms with van der Waals surface area (Å²) in [5.41, 5.74) is 3.70. The molecule has 26 heavy (non-hydrogen) atoms. The lowest BCUT2D eigenvalue weighted by Crippen LogP contribution is -2.24. The Balaban J connectivity index is 1.69. The first-order valence-corrected chi connectivity index (χ1v) is 8.37. The molecule has 1 aromatic heterocycles. The van der Waals surface area contributed by atoms with Gasteiger partial charge in [-0.25, -0.2) is 4.98 Å². The Morgan fingerprint density at radius 2 is 1.85 bits per heavy atom. The first kappa shape index (κ1) is 17.5. The van der Waals surface area contributed by atoms with Gasteiger partial charge in [0.25, 0.3) is 0 Å². The van der Waals surface area contributed by atoms with Crippen LogP contribution in [0.25, 0.3) is 17.2 Å². The highest BCUT2D eigenvalue weighted by atomic mass is 19.1. The number of halogens is 1. The van der Waals surface area contributed by atoms with E-state index >= 15 is 0 Å². The third-order valence-electron chi connectivity index (χ3n) is 4.03. The zero-order valence-electron chi connectivity index (χ0n) is 14.4. The van der Waals surface area contributed by atoms with E-state index < -0.39 is 5.95 Å². The minimum Gasteiger partial charge on any atom is -0.346 e. The summed E-state index contributed by atoms with van der Waals surface area (Å²) >= 11 is 0. The number of hydrogen-bond donors (Lipinski definition) is 1. The lowest BCUT2D eigenvalue weighted by atomic mass is 10.0. The lowest BCUT2D eigenvalue weighted by molar-refractivity contribution is -0.117. The molecular formula is C22H19FN2O. The van der Waals surface area contributed by atoms with Crippen LogP contribution in [0.1, 0.15) is 24.1 Å². The van der Waals surface area contributed by atoms with Gasteiger partial charge in [-0.15, -0.1) is 0 Å². The molecule has 0 saturated heterocycles. The van der Waals surface area contributed by atoms with Gasteiger partial charge in [0.15, 0.2) is 0 Å². The molecule has 0 radical (unpaired) electrons. The number of nitrogens with zero attached hydrogens (tertiary/aromatic N) is 1. The molecule has 0 aliphatic rings. The molecule has 0 fully saturated rings. The highest BCUT2D eigenvalue weighted by Crippen LogP contribution is 2.22. The van der Waals surface area contributed by atoms with E-state index in [1.54, 1.807) is 12.1 Å². The van der Waals surface area contributed by atoms with Gasteiger partial charge in [-0.05, 0) is 47.9 Å². The van der Waals surface area contributed by atoms with Crippen molar-refractivity contribution >= 4 is 12.0 Å². The molecule has 0 bridgehead atoms. The fraction of sp³-hybridized carbons (Fsp3) is 0.0909. The van der Waals surface area contributed by atoms with Crippen LogP contribution in [0.15, 0.2) is 79.0 Å². The van der Waals surface area contributed by atoms with Crippen molar-refractivity contribution in [1.82, 2.24) is 10.3 Å². The first-order valence-electron chi connectivity index (χ1n) is 8.37. The molecular weight excluding hydrogens is 327 g/mol. The van der Waals surface area contributed by atoms with Crippen molar-refractivity contribution in [3.63, 3.8) is 0 Å². The normalized spacial score (nSPS) is 12.1. The molecule has 0 aliphatic carbocycles. The minimum atomic E-state index is -0.504. The van der Waals surface area contributed by atoms with Gasteiger partial charge in [-0.1, -0.05) is 48.5 Å². The molecule has 1 N–H and O–H groups in total. The maximum Gasteiger partial charge on any atom is 0.244 e. The molecule has 3 nitrogen and oxygen atoms in total. The van der Waals surface area contributed by atoms with Gasteiger partial charge in [0.2, 0.25) is 11.9 Å². The Labute approximate surface area is 152 Å². The topological polar surface area (TPSA) is 42.0 Å². The number of pyridine rings is 1. The fourth-order valence-electron chi connectivity index (χ4n) is 2.62. The van der Waals surface area contributed by atoms with Crippen molar-refractivity contribution in [2.75, 3.05) is 0 Å². The predicted octanol–water partition coefficient (Wildman–Crippen LogP) is 4.78. The Bertz CT molecular complexity index is 905. The van der Waals surface area contributed by atoms with Crippen LogP contribution >= 0.6 is 0 Å². The quantitative estimate of drug-likeness (QED) is 0.534. The molecule has 3 rings (SSSR count). The molecule has 0 spiro atoms. The molecule has 1 heterocycles. The Morgan fingerprint density at radius 1 is 1.04 bits per heavy atom. The molecule has 1 atom stereocenters. The van der Waals surface area contributed by atoms with Crippen molar-refractivity contribution in [1.29, 1.82) is 0 Å². The molecule has 0 saturated carbocycles. The average molecular weight is 346 g/mol. The van der Waals surface area contributed by atoms with Gasteiger partial charge in [0.05, 0.1) is 6.04 Å². The van der Waals surface area contributed by atoms with Crippen molar-refractivity contribution < 1.29 is 9.18 Å². The van der Waals surface area contributed by atoms with E-state index in [1.807, 2.05) is 61.5 Å². The number of nitrogens with one attached hydrogen (secondary N) is 1. The summed E-state index contributed by atoms with van der Waals surface area (Å²) in [4.78, 5) is 15.8. The number of rotatable bonds is 5. The van der Waals surface area contributed by atoms with E-state index in [0.29, 0.717) is 0 Å².